The summed E-state index contributed by atoms with van der Waals surface area (Å²) in [6.07, 6.45) is 2.42. The van der Waals surface area contributed by atoms with Gasteiger partial charge in [-0.05, 0) is 24.3 Å². The van der Waals surface area contributed by atoms with Crippen molar-refractivity contribution >= 4 is 23.8 Å². The van der Waals surface area contributed by atoms with Crippen LogP contribution < -0.4 is 16.0 Å². The van der Waals surface area contributed by atoms with Gasteiger partial charge in [-0.1, -0.05) is 0 Å². The second-order valence-corrected chi connectivity index (χ2v) is 5.11. The molecule has 4 N–H and O–H groups in total. The molecule has 0 atom stereocenters. The van der Waals surface area contributed by atoms with Crippen LogP contribution in [0.2, 0.25) is 0 Å². The van der Waals surface area contributed by atoms with E-state index < -0.39 is 0 Å². The molecule has 0 aliphatic rings. The Morgan fingerprint density at radius 1 is 1.42 bits per heavy atom. The van der Waals surface area contributed by atoms with Gasteiger partial charge in [-0.15, -0.1) is 0 Å². The molecule has 0 fully saturated rings. The summed E-state index contributed by atoms with van der Waals surface area (Å²) in [6.45, 7) is 0.232. The SMILES string of the molecule is CN=C(N)Nc1ncc(CN(C)c2ccc(C=O)cc2)nc1CO. The van der Waals surface area contributed by atoms with Crippen LogP contribution in [0.15, 0.2) is 35.5 Å². The van der Waals surface area contributed by atoms with E-state index in [4.69, 9.17) is 5.73 Å². The van der Waals surface area contributed by atoms with Crippen LogP contribution in [0.3, 0.4) is 0 Å². The van der Waals surface area contributed by atoms with E-state index in [1.54, 1.807) is 25.4 Å². The van der Waals surface area contributed by atoms with E-state index in [1.807, 2.05) is 24.1 Å². The van der Waals surface area contributed by atoms with Crippen LogP contribution in [-0.2, 0) is 13.2 Å². The van der Waals surface area contributed by atoms with Crippen LogP contribution in [0, 0.1) is 0 Å². The van der Waals surface area contributed by atoms with E-state index in [2.05, 4.69) is 20.3 Å². The Balaban J connectivity index is 2.15. The van der Waals surface area contributed by atoms with Gasteiger partial charge < -0.3 is 21.1 Å². The number of carbonyl (C=O) groups is 1. The maximum absolute atomic E-state index is 10.7. The first kappa shape index (κ1) is 17.4. The van der Waals surface area contributed by atoms with Crippen molar-refractivity contribution in [2.75, 3.05) is 24.3 Å². The number of aliphatic hydroxyl groups is 1. The van der Waals surface area contributed by atoms with E-state index in [1.165, 1.54) is 0 Å². The van der Waals surface area contributed by atoms with Crippen molar-refractivity contribution in [1.29, 1.82) is 0 Å². The van der Waals surface area contributed by atoms with Crippen LogP contribution >= 0.6 is 0 Å². The Kier molecular flexibility index (Phi) is 5.80. The van der Waals surface area contributed by atoms with Gasteiger partial charge in [0.05, 0.1) is 25.0 Å². The first-order valence-electron chi connectivity index (χ1n) is 7.28. The van der Waals surface area contributed by atoms with Gasteiger partial charge >= 0.3 is 0 Å². The lowest BCUT2D eigenvalue weighted by Crippen LogP contribution is -2.24. The Labute approximate surface area is 140 Å². The zero-order valence-corrected chi connectivity index (χ0v) is 13.6. The number of carbonyl (C=O) groups excluding carboxylic acids is 1. The van der Waals surface area contributed by atoms with Crippen LogP contribution in [0.5, 0.6) is 0 Å². The first-order chi connectivity index (χ1) is 11.6. The Hall–Kier alpha value is -3.00. The third-order valence-electron chi connectivity index (χ3n) is 3.40. The van der Waals surface area contributed by atoms with Crippen LogP contribution in [0.1, 0.15) is 21.7 Å². The molecule has 0 radical (unpaired) electrons. The van der Waals surface area contributed by atoms with Crippen molar-refractivity contribution in [2.45, 2.75) is 13.2 Å². The predicted octanol–water partition coefficient (Wildman–Crippen LogP) is 0.774. The molecule has 1 aromatic carbocycles. The summed E-state index contributed by atoms with van der Waals surface area (Å²) in [5.41, 5.74) is 8.26. The van der Waals surface area contributed by atoms with Crippen LogP contribution in [0.25, 0.3) is 0 Å². The largest absolute Gasteiger partial charge is 0.390 e. The minimum atomic E-state index is -0.266. The van der Waals surface area contributed by atoms with Crippen molar-refractivity contribution in [1.82, 2.24) is 9.97 Å². The van der Waals surface area contributed by atoms with Crippen LogP contribution in [0.4, 0.5) is 11.5 Å². The molecule has 8 heteroatoms. The topological polar surface area (TPSA) is 117 Å². The Bertz CT molecular complexity index is 730. The summed E-state index contributed by atoms with van der Waals surface area (Å²) in [6, 6.07) is 7.23. The number of aromatic nitrogens is 2. The second-order valence-electron chi connectivity index (χ2n) is 5.11. The molecule has 0 saturated carbocycles. The molecule has 0 aliphatic heterocycles. The molecule has 2 rings (SSSR count). The normalized spacial score (nSPS) is 11.2. The van der Waals surface area contributed by atoms with E-state index in [-0.39, 0.29) is 12.6 Å². The van der Waals surface area contributed by atoms with E-state index in [0.717, 1.165) is 12.0 Å². The number of benzene rings is 1. The fourth-order valence-electron chi connectivity index (χ4n) is 2.08. The van der Waals surface area contributed by atoms with Crippen molar-refractivity contribution in [3.05, 3.63) is 47.4 Å². The molecule has 2 aromatic rings. The lowest BCUT2D eigenvalue weighted by Gasteiger charge is -2.19. The van der Waals surface area contributed by atoms with Crippen LogP contribution in [-0.4, -0.2) is 41.4 Å². The fourth-order valence-corrected chi connectivity index (χ4v) is 2.08. The molecule has 8 nitrogen and oxygen atoms in total. The van der Waals surface area contributed by atoms with Gasteiger partial charge in [0.1, 0.15) is 12.0 Å². The number of hydrogen-bond acceptors (Lipinski definition) is 6. The number of aliphatic imine (C=N–C) groups is 1. The smallest absolute Gasteiger partial charge is 0.194 e. The molecule has 0 spiro atoms. The van der Waals surface area contributed by atoms with E-state index in [9.17, 15) is 9.90 Å². The molecule has 1 heterocycles. The zero-order valence-electron chi connectivity index (χ0n) is 13.6. The minimum absolute atomic E-state index is 0.194. The summed E-state index contributed by atoms with van der Waals surface area (Å²) >= 11 is 0. The van der Waals surface area contributed by atoms with Gasteiger partial charge in [0, 0.05) is 25.3 Å². The number of rotatable bonds is 6. The fraction of sp³-hybridized carbons (Fsp3) is 0.250. The zero-order chi connectivity index (χ0) is 17.5. The van der Waals surface area contributed by atoms with E-state index >= 15 is 0 Å². The highest BCUT2D eigenvalue weighted by atomic mass is 16.3. The molecule has 126 valence electrons. The lowest BCUT2D eigenvalue weighted by atomic mass is 10.2. The molecule has 24 heavy (non-hydrogen) atoms. The quantitative estimate of drug-likeness (QED) is 0.407. The predicted molar refractivity (Wildman–Crippen MR) is 93.1 cm³/mol. The number of nitrogens with one attached hydrogen (secondary N) is 1. The maximum Gasteiger partial charge on any atom is 0.194 e. The molecular formula is C16H20N6O2. The number of aliphatic hydroxyl groups excluding tert-OH is 1. The summed E-state index contributed by atoms with van der Waals surface area (Å²) in [4.78, 5) is 25.1. The number of nitrogens with zero attached hydrogens (tertiary/aromatic N) is 4. The number of anilines is 2. The summed E-state index contributed by atoms with van der Waals surface area (Å²) in [7, 11) is 3.46. The molecule has 1 aromatic heterocycles. The molecule has 0 bridgehead atoms. The molecule has 0 unspecified atom stereocenters. The highest BCUT2D eigenvalue weighted by Gasteiger charge is 2.10. The minimum Gasteiger partial charge on any atom is -0.390 e. The number of hydrogen-bond donors (Lipinski definition) is 3. The van der Waals surface area contributed by atoms with E-state index in [0.29, 0.717) is 29.3 Å². The lowest BCUT2D eigenvalue weighted by molar-refractivity contribution is 0.112. The highest BCUT2D eigenvalue weighted by molar-refractivity contribution is 5.91. The third kappa shape index (κ3) is 4.26. The van der Waals surface area contributed by atoms with Gasteiger partial charge in [0.25, 0.3) is 0 Å². The molecule has 0 saturated heterocycles. The maximum atomic E-state index is 10.7. The summed E-state index contributed by atoms with van der Waals surface area (Å²) in [5, 5.41) is 12.3. The number of nitrogens with two attached hydrogens (primary N) is 1. The van der Waals surface area contributed by atoms with Crippen molar-refractivity contribution in [3.8, 4) is 0 Å². The average molecular weight is 328 g/mol. The second kappa shape index (κ2) is 8.02. The number of guanidine groups is 1. The van der Waals surface area contributed by atoms with Gasteiger partial charge in [-0.3, -0.25) is 9.79 Å². The van der Waals surface area contributed by atoms with Crippen molar-refractivity contribution in [3.63, 3.8) is 0 Å². The molecular weight excluding hydrogens is 308 g/mol. The molecule has 0 aliphatic carbocycles. The first-order valence-corrected chi connectivity index (χ1v) is 7.28. The molecule has 0 amide bonds. The average Bonchev–Trinajstić information content (AvgIpc) is 2.62. The summed E-state index contributed by atoms with van der Waals surface area (Å²) in [5.74, 6) is 0.571. The Morgan fingerprint density at radius 2 is 2.12 bits per heavy atom. The Morgan fingerprint density at radius 3 is 2.71 bits per heavy atom. The van der Waals surface area contributed by atoms with Gasteiger partial charge in [0.15, 0.2) is 11.8 Å². The van der Waals surface area contributed by atoms with Crippen molar-refractivity contribution < 1.29 is 9.90 Å². The van der Waals surface area contributed by atoms with Gasteiger partial charge in [-0.25, -0.2) is 9.97 Å². The highest BCUT2D eigenvalue weighted by Crippen LogP contribution is 2.17. The summed E-state index contributed by atoms with van der Waals surface area (Å²) < 4.78 is 0. The third-order valence-corrected chi connectivity index (χ3v) is 3.40. The monoisotopic (exact) mass is 328 g/mol. The van der Waals surface area contributed by atoms with Crippen molar-refractivity contribution in [2.24, 2.45) is 10.7 Å². The number of aldehydes is 1. The van der Waals surface area contributed by atoms with Gasteiger partial charge in [0.2, 0.25) is 0 Å². The van der Waals surface area contributed by atoms with Gasteiger partial charge in [-0.2, -0.15) is 0 Å². The standard InChI is InChI=1S/C16H20N6O2/c1-18-16(17)21-15-14(10-24)20-12(7-19-15)8-22(2)13-5-3-11(9-23)4-6-13/h3-7,9,24H,8,10H2,1-2H3,(H3,17,18,19,21).